The summed E-state index contributed by atoms with van der Waals surface area (Å²) in [5.41, 5.74) is 0.0206. The Kier molecular flexibility index (Phi) is 5.59. The Morgan fingerprint density at radius 2 is 1.79 bits per heavy atom. The van der Waals surface area contributed by atoms with Crippen LogP contribution in [-0.4, -0.2) is 30.8 Å². The second-order valence-electron chi connectivity index (χ2n) is 5.70. The summed E-state index contributed by atoms with van der Waals surface area (Å²) in [6, 6.07) is 6.89. The van der Waals surface area contributed by atoms with Gasteiger partial charge >= 0.3 is 5.97 Å². The van der Waals surface area contributed by atoms with Crippen molar-refractivity contribution in [3.63, 3.8) is 0 Å². The summed E-state index contributed by atoms with van der Waals surface area (Å²) >= 11 is 0. The number of rotatable bonds is 6. The SMILES string of the molecule is CCOC(=O)c1cnn(-c2ccc(F)cc2)c1NS(=O)(=O)c1ccc(F)c(F)c1. The number of hydrogen-bond donors (Lipinski definition) is 1. The van der Waals surface area contributed by atoms with Crippen LogP contribution < -0.4 is 4.72 Å². The minimum Gasteiger partial charge on any atom is -0.462 e. The molecule has 0 aliphatic carbocycles. The average Bonchev–Trinajstić information content (AvgIpc) is 3.07. The molecule has 0 aliphatic rings. The normalized spacial score (nSPS) is 11.3. The average molecular weight is 425 g/mol. The predicted molar refractivity (Wildman–Crippen MR) is 96.6 cm³/mol. The number of hydrogen-bond acceptors (Lipinski definition) is 5. The van der Waals surface area contributed by atoms with Crippen molar-refractivity contribution < 1.29 is 31.1 Å². The van der Waals surface area contributed by atoms with Crippen molar-refractivity contribution in [3.8, 4) is 5.69 Å². The van der Waals surface area contributed by atoms with Crippen molar-refractivity contribution in [2.75, 3.05) is 11.3 Å². The molecule has 3 rings (SSSR count). The maximum atomic E-state index is 13.5. The number of benzene rings is 2. The minimum atomic E-state index is -4.43. The second-order valence-corrected chi connectivity index (χ2v) is 7.38. The van der Waals surface area contributed by atoms with E-state index >= 15 is 0 Å². The van der Waals surface area contributed by atoms with E-state index in [1.807, 2.05) is 0 Å². The fourth-order valence-electron chi connectivity index (χ4n) is 2.41. The van der Waals surface area contributed by atoms with Crippen molar-refractivity contribution >= 4 is 21.8 Å². The van der Waals surface area contributed by atoms with Gasteiger partial charge in [0.2, 0.25) is 0 Å². The molecule has 1 N–H and O–H groups in total. The first kappa shape index (κ1) is 20.4. The molecule has 0 bridgehead atoms. The number of nitrogens with one attached hydrogen (secondary N) is 1. The molecule has 0 unspecified atom stereocenters. The van der Waals surface area contributed by atoms with Crippen molar-refractivity contribution in [3.05, 3.63) is 71.7 Å². The smallest absolute Gasteiger partial charge is 0.343 e. The van der Waals surface area contributed by atoms with Crippen LogP contribution in [0.25, 0.3) is 5.69 Å². The van der Waals surface area contributed by atoms with Crippen molar-refractivity contribution in [2.24, 2.45) is 0 Å². The quantitative estimate of drug-likeness (QED) is 0.613. The number of aromatic nitrogens is 2. The molecule has 0 radical (unpaired) electrons. The molecule has 0 spiro atoms. The van der Waals surface area contributed by atoms with Gasteiger partial charge < -0.3 is 4.74 Å². The van der Waals surface area contributed by atoms with Crippen LogP contribution in [-0.2, 0) is 14.8 Å². The molecule has 0 fully saturated rings. The van der Waals surface area contributed by atoms with Crippen LogP contribution in [0.3, 0.4) is 0 Å². The molecular weight excluding hydrogens is 411 g/mol. The number of carbonyl (C=O) groups excluding carboxylic acids is 1. The first-order valence-corrected chi connectivity index (χ1v) is 9.70. The van der Waals surface area contributed by atoms with Crippen LogP contribution in [0.15, 0.2) is 53.6 Å². The highest BCUT2D eigenvalue weighted by molar-refractivity contribution is 7.92. The highest BCUT2D eigenvalue weighted by Crippen LogP contribution is 2.25. The molecular formula is C18H14F3N3O4S. The van der Waals surface area contributed by atoms with Gasteiger partial charge in [0.05, 0.1) is 23.4 Å². The number of sulfonamides is 1. The maximum absolute atomic E-state index is 13.5. The number of carbonyl (C=O) groups is 1. The van der Waals surface area contributed by atoms with Crippen LogP contribution >= 0.6 is 0 Å². The highest BCUT2D eigenvalue weighted by atomic mass is 32.2. The summed E-state index contributed by atoms with van der Waals surface area (Å²) in [6.07, 6.45) is 1.07. The third kappa shape index (κ3) is 4.24. The molecule has 7 nitrogen and oxygen atoms in total. The molecule has 0 atom stereocenters. The largest absolute Gasteiger partial charge is 0.462 e. The fraction of sp³-hybridized carbons (Fsp3) is 0.111. The van der Waals surface area contributed by atoms with E-state index in [1.54, 1.807) is 6.92 Å². The zero-order chi connectivity index (χ0) is 21.2. The first-order chi connectivity index (χ1) is 13.7. The highest BCUT2D eigenvalue weighted by Gasteiger charge is 2.25. The van der Waals surface area contributed by atoms with Crippen molar-refractivity contribution in [1.29, 1.82) is 0 Å². The van der Waals surface area contributed by atoms with Gasteiger partial charge in [0, 0.05) is 0 Å². The molecule has 1 heterocycles. The maximum Gasteiger partial charge on any atom is 0.343 e. The fourth-order valence-corrected chi connectivity index (χ4v) is 3.49. The Morgan fingerprint density at radius 3 is 2.41 bits per heavy atom. The third-order valence-corrected chi connectivity index (χ3v) is 5.10. The predicted octanol–water partition coefficient (Wildman–Crippen LogP) is 3.27. The number of anilines is 1. The zero-order valence-electron chi connectivity index (χ0n) is 14.9. The van der Waals surface area contributed by atoms with Crippen LogP contribution in [0.5, 0.6) is 0 Å². The van der Waals surface area contributed by atoms with Crippen LogP contribution in [0, 0.1) is 17.5 Å². The summed E-state index contributed by atoms with van der Waals surface area (Å²) in [5.74, 6) is -4.27. The Hall–Kier alpha value is -3.34. The zero-order valence-corrected chi connectivity index (χ0v) is 15.7. The first-order valence-electron chi connectivity index (χ1n) is 8.22. The molecule has 152 valence electrons. The van der Waals surface area contributed by atoms with Gasteiger partial charge in [-0.15, -0.1) is 0 Å². The van der Waals surface area contributed by atoms with E-state index in [1.165, 1.54) is 12.1 Å². The lowest BCUT2D eigenvalue weighted by atomic mass is 10.3. The van der Waals surface area contributed by atoms with Gasteiger partial charge in [-0.05, 0) is 49.4 Å². The Bertz CT molecular complexity index is 1160. The van der Waals surface area contributed by atoms with E-state index in [0.29, 0.717) is 12.1 Å². The van der Waals surface area contributed by atoms with E-state index in [0.717, 1.165) is 29.1 Å². The molecule has 1 aromatic heterocycles. The number of ether oxygens (including phenoxy) is 1. The van der Waals surface area contributed by atoms with E-state index in [4.69, 9.17) is 4.74 Å². The van der Waals surface area contributed by atoms with Gasteiger partial charge in [-0.2, -0.15) is 5.10 Å². The van der Waals surface area contributed by atoms with Crippen LogP contribution in [0.4, 0.5) is 19.0 Å². The molecule has 29 heavy (non-hydrogen) atoms. The molecule has 2 aromatic carbocycles. The van der Waals surface area contributed by atoms with E-state index in [-0.39, 0.29) is 23.7 Å². The van der Waals surface area contributed by atoms with Crippen molar-refractivity contribution in [1.82, 2.24) is 9.78 Å². The second kappa shape index (κ2) is 7.95. The van der Waals surface area contributed by atoms with E-state index < -0.39 is 38.3 Å². The summed E-state index contributed by atoms with van der Waals surface area (Å²) in [7, 11) is -4.43. The van der Waals surface area contributed by atoms with E-state index in [9.17, 15) is 26.4 Å². The summed E-state index contributed by atoms with van der Waals surface area (Å²) in [6.45, 7) is 1.59. The molecule has 0 saturated heterocycles. The van der Waals surface area contributed by atoms with Crippen LogP contribution in [0.1, 0.15) is 17.3 Å². The summed E-state index contributed by atoms with van der Waals surface area (Å²) < 4.78 is 73.3. The monoisotopic (exact) mass is 425 g/mol. The van der Waals surface area contributed by atoms with Gasteiger partial charge in [0.25, 0.3) is 10.0 Å². The number of halogens is 3. The minimum absolute atomic E-state index is 0.0237. The Balaban J connectivity index is 2.10. The lowest BCUT2D eigenvalue weighted by Gasteiger charge is -2.13. The van der Waals surface area contributed by atoms with Gasteiger partial charge in [0.15, 0.2) is 17.5 Å². The van der Waals surface area contributed by atoms with Gasteiger partial charge in [-0.25, -0.2) is 31.1 Å². The molecule has 0 aliphatic heterocycles. The third-order valence-electron chi connectivity index (χ3n) is 3.77. The van der Waals surface area contributed by atoms with Gasteiger partial charge in [-0.1, -0.05) is 0 Å². The number of nitrogens with zero attached hydrogens (tertiary/aromatic N) is 2. The standard InChI is InChI=1S/C18H14F3N3O4S/c1-2-28-18(25)14-10-22-24(12-5-3-11(19)4-6-12)17(14)23-29(26,27)13-7-8-15(20)16(21)9-13/h3-10,23H,2H2,1H3. The van der Waals surface area contributed by atoms with Crippen LogP contribution in [0.2, 0.25) is 0 Å². The molecule has 0 amide bonds. The molecule has 11 heteroatoms. The number of esters is 1. The van der Waals surface area contributed by atoms with Crippen molar-refractivity contribution in [2.45, 2.75) is 11.8 Å². The Labute approximate surface area is 163 Å². The molecule has 3 aromatic rings. The Morgan fingerprint density at radius 1 is 1.10 bits per heavy atom. The van der Waals surface area contributed by atoms with E-state index in [2.05, 4.69) is 9.82 Å². The summed E-state index contributed by atoms with van der Waals surface area (Å²) in [5, 5.41) is 3.96. The topological polar surface area (TPSA) is 90.3 Å². The van der Waals surface area contributed by atoms with Gasteiger partial charge in [0.1, 0.15) is 11.4 Å². The lowest BCUT2D eigenvalue weighted by molar-refractivity contribution is 0.0527. The molecule has 0 saturated carbocycles. The summed E-state index contributed by atoms with van der Waals surface area (Å²) in [4.78, 5) is 11.6. The van der Waals surface area contributed by atoms with Gasteiger partial charge in [-0.3, -0.25) is 4.72 Å². The lowest BCUT2D eigenvalue weighted by Crippen LogP contribution is -2.19.